The number of pyridine rings is 1. The first kappa shape index (κ1) is 11.8. The lowest BCUT2D eigenvalue weighted by Crippen LogP contribution is -2.15. The minimum atomic E-state index is -0.448. The molecule has 1 amide bonds. The Morgan fingerprint density at radius 1 is 1.47 bits per heavy atom. The molecule has 88 valence electrons. The number of H-pyrrole nitrogens is 1. The smallest absolute Gasteiger partial charge is 0.293 e. The molecule has 0 saturated heterocycles. The summed E-state index contributed by atoms with van der Waals surface area (Å²) in [7, 11) is 0. The number of aromatic amines is 1. The molecular weight excluding hydrogens is 265 g/mol. The van der Waals surface area contributed by atoms with Crippen LogP contribution in [-0.4, -0.2) is 26.1 Å². The summed E-state index contributed by atoms with van der Waals surface area (Å²) >= 11 is 11.6. The maximum atomic E-state index is 11.7. The first-order valence-electron chi connectivity index (χ1n) is 4.57. The largest absolute Gasteiger partial charge is 0.316 e. The van der Waals surface area contributed by atoms with Gasteiger partial charge in [-0.2, -0.15) is 5.10 Å². The molecule has 2 aromatic heterocycles. The molecule has 0 radical (unpaired) electrons. The molecule has 0 aromatic carbocycles. The van der Waals surface area contributed by atoms with Crippen molar-refractivity contribution in [2.24, 2.45) is 0 Å². The van der Waals surface area contributed by atoms with Crippen molar-refractivity contribution in [3.05, 3.63) is 34.1 Å². The van der Waals surface area contributed by atoms with Crippen molar-refractivity contribution in [1.82, 2.24) is 20.2 Å². The highest BCUT2D eigenvalue weighted by Gasteiger charge is 2.14. The van der Waals surface area contributed by atoms with E-state index in [9.17, 15) is 4.79 Å². The number of aromatic nitrogens is 4. The zero-order valence-corrected chi connectivity index (χ0v) is 10.2. The maximum Gasteiger partial charge on any atom is 0.293 e. The van der Waals surface area contributed by atoms with Crippen LogP contribution < -0.4 is 5.32 Å². The molecule has 2 rings (SSSR count). The number of nitrogens with zero attached hydrogens (tertiary/aromatic N) is 3. The highest BCUT2D eigenvalue weighted by atomic mass is 35.5. The summed E-state index contributed by atoms with van der Waals surface area (Å²) in [4.78, 5) is 19.3. The number of aryl methyl sites for hydroxylation is 1. The van der Waals surface area contributed by atoms with Crippen LogP contribution in [0.2, 0.25) is 10.3 Å². The second kappa shape index (κ2) is 4.68. The van der Waals surface area contributed by atoms with Crippen LogP contribution >= 0.6 is 23.2 Å². The summed E-state index contributed by atoms with van der Waals surface area (Å²) in [5.74, 6) is -0.355. The van der Waals surface area contributed by atoms with E-state index in [1.807, 2.05) is 0 Å². The predicted molar refractivity (Wildman–Crippen MR) is 63.3 cm³/mol. The summed E-state index contributed by atoms with van der Waals surface area (Å²) in [6.45, 7) is 1.76. The fourth-order valence-corrected chi connectivity index (χ4v) is 1.81. The molecule has 0 fully saturated rings. The fourth-order valence-electron chi connectivity index (χ4n) is 1.23. The molecule has 0 atom stereocenters. The Balaban J connectivity index is 2.28. The number of hydrogen-bond acceptors (Lipinski definition) is 4. The zero-order chi connectivity index (χ0) is 12.4. The van der Waals surface area contributed by atoms with Gasteiger partial charge in [0.25, 0.3) is 5.91 Å². The molecule has 17 heavy (non-hydrogen) atoms. The first-order valence-corrected chi connectivity index (χ1v) is 5.33. The van der Waals surface area contributed by atoms with E-state index < -0.39 is 5.91 Å². The number of halogens is 2. The van der Waals surface area contributed by atoms with Gasteiger partial charge in [0, 0.05) is 0 Å². The van der Waals surface area contributed by atoms with Gasteiger partial charge in [-0.15, -0.1) is 0 Å². The Bertz CT molecular complexity index is 532. The quantitative estimate of drug-likeness (QED) is 0.819. The zero-order valence-electron chi connectivity index (χ0n) is 8.66. The van der Waals surface area contributed by atoms with Gasteiger partial charge in [-0.1, -0.05) is 23.2 Å². The van der Waals surface area contributed by atoms with Crippen molar-refractivity contribution in [2.75, 3.05) is 5.32 Å². The van der Waals surface area contributed by atoms with E-state index >= 15 is 0 Å². The molecule has 0 bridgehead atoms. The minimum Gasteiger partial charge on any atom is -0.316 e. The van der Waals surface area contributed by atoms with Crippen LogP contribution in [0.25, 0.3) is 0 Å². The molecule has 0 unspecified atom stereocenters. The average molecular weight is 272 g/mol. The van der Waals surface area contributed by atoms with Gasteiger partial charge in [0.1, 0.15) is 11.5 Å². The fraction of sp³-hybridized carbons (Fsp3) is 0.111. The van der Waals surface area contributed by atoms with Crippen LogP contribution in [-0.2, 0) is 0 Å². The average Bonchev–Trinajstić information content (AvgIpc) is 2.76. The van der Waals surface area contributed by atoms with E-state index in [2.05, 4.69) is 25.5 Å². The second-order valence-corrected chi connectivity index (χ2v) is 3.96. The third kappa shape index (κ3) is 2.54. The van der Waals surface area contributed by atoms with Crippen molar-refractivity contribution in [3.63, 3.8) is 0 Å². The molecule has 0 aliphatic heterocycles. The van der Waals surface area contributed by atoms with Crippen molar-refractivity contribution in [3.8, 4) is 0 Å². The molecule has 6 nitrogen and oxygen atoms in total. The van der Waals surface area contributed by atoms with Crippen LogP contribution in [0.5, 0.6) is 0 Å². The summed E-state index contributed by atoms with van der Waals surface area (Å²) in [6.07, 6.45) is 1.24. The van der Waals surface area contributed by atoms with Crippen molar-refractivity contribution >= 4 is 34.8 Å². The van der Waals surface area contributed by atoms with Gasteiger partial charge in [-0.25, -0.2) is 9.97 Å². The number of carbonyl (C=O) groups is 1. The second-order valence-electron chi connectivity index (χ2n) is 3.22. The number of rotatable bonds is 2. The predicted octanol–water partition coefficient (Wildman–Crippen LogP) is 2.07. The van der Waals surface area contributed by atoms with Gasteiger partial charge < -0.3 is 5.32 Å². The minimum absolute atomic E-state index is 0.0930. The van der Waals surface area contributed by atoms with Crippen molar-refractivity contribution < 1.29 is 4.79 Å². The molecule has 0 aliphatic rings. The Kier molecular flexibility index (Phi) is 3.26. The monoisotopic (exact) mass is 271 g/mol. The van der Waals surface area contributed by atoms with Gasteiger partial charge in [0.15, 0.2) is 5.15 Å². The molecule has 0 saturated carbocycles. The Labute approximate surface area is 106 Å². The topological polar surface area (TPSA) is 83.6 Å². The molecule has 0 spiro atoms. The number of carbonyl (C=O) groups excluding carboxylic acids is 1. The van der Waals surface area contributed by atoms with Crippen LogP contribution in [0.15, 0.2) is 12.4 Å². The van der Waals surface area contributed by atoms with Gasteiger partial charge in [0.2, 0.25) is 5.82 Å². The van der Waals surface area contributed by atoms with Crippen LogP contribution in [0.3, 0.4) is 0 Å². The van der Waals surface area contributed by atoms with Crippen LogP contribution in [0.1, 0.15) is 16.2 Å². The Morgan fingerprint density at radius 3 is 2.82 bits per heavy atom. The summed E-state index contributed by atoms with van der Waals surface area (Å²) in [5.41, 5.74) is 1.11. The summed E-state index contributed by atoms with van der Waals surface area (Å²) in [5, 5.41) is 9.00. The lowest BCUT2D eigenvalue weighted by molar-refractivity contribution is 0.101. The molecule has 2 heterocycles. The highest BCUT2D eigenvalue weighted by Crippen LogP contribution is 2.26. The Hall–Kier alpha value is -1.66. The summed E-state index contributed by atoms with van der Waals surface area (Å²) < 4.78 is 0. The molecule has 0 aliphatic carbocycles. The lowest BCUT2D eigenvalue weighted by Gasteiger charge is -2.08. The highest BCUT2D eigenvalue weighted by molar-refractivity contribution is 6.35. The maximum absolute atomic E-state index is 11.7. The third-order valence-corrected chi connectivity index (χ3v) is 2.48. The molecule has 8 heteroatoms. The van der Waals surface area contributed by atoms with E-state index in [1.165, 1.54) is 6.33 Å². The molecule has 2 aromatic rings. The number of hydrogen-bond donors (Lipinski definition) is 2. The lowest BCUT2D eigenvalue weighted by atomic mass is 10.2. The number of amides is 1. The van der Waals surface area contributed by atoms with Gasteiger partial charge in [-0.3, -0.25) is 9.89 Å². The van der Waals surface area contributed by atoms with E-state index in [0.29, 0.717) is 11.3 Å². The van der Waals surface area contributed by atoms with Crippen molar-refractivity contribution in [1.29, 1.82) is 0 Å². The normalized spacial score (nSPS) is 10.3. The standard InChI is InChI=1S/C9H7Cl2N5O/c1-4-2-5(10)14-7(11)6(4)15-9(17)8-12-3-13-16-8/h2-3H,1H3,(H,15,17)(H,12,13,16). The SMILES string of the molecule is Cc1cc(Cl)nc(Cl)c1NC(=O)c1ncn[nH]1. The van der Waals surface area contributed by atoms with E-state index in [1.54, 1.807) is 13.0 Å². The van der Waals surface area contributed by atoms with Gasteiger partial charge in [0.05, 0.1) is 5.69 Å². The number of nitrogens with one attached hydrogen (secondary N) is 2. The van der Waals surface area contributed by atoms with E-state index in [4.69, 9.17) is 23.2 Å². The van der Waals surface area contributed by atoms with E-state index in [-0.39, 0.29) is 16.1 Å². The van der Waals surface area contributed by atoms with E-state index in [0.717, 1.165) is 0 Å². The van der Waals surface area contributed by atoms with Crippen LogP contribution in [0.4, 0.5) is 5.69 Å². The Morgan fingerprint density at radius 2 is 2.24 bits per heavy atom. The third-order valence-electron chi connectivity index (χ3n) is 2.01. The summed E-state index contributed by atoms with van der Waals surface area (Å²) in [6, 6.07) is 1.60. The van der Waals surface area contributed by atoms with Crippen molar-refractivity contribution in [2.45, 2.75) is 6.92 Å². The van der Waals surface area contributed by atoms with Gasteiger partial charge in [-0.05, 0) is 18.6 Å². The first-order chi connectivity index (χ1) is 8.08. The molecule has 2 N–H and O–H groups in total. The number of anilines is 1. The van der Waals surface area contributed by atoms with Gasteiger partial charge >= 0.3 is 0 Å². The van der Waals surface area contributed by atoms with Crippen LogP contribution in [0, 0.1) is 6.92 Å². The molecular formula is C9H7Cl2N5O.